The molecule has 0 unspecified atom stereocenters. The van der Waals surface area contributed by atoms with E-state index < -0.39 is 0 Å². The number of rotatable bonds is 2. The summed E-state index contributed by atoms with van der Waals surface area (Å²) < 4.78 is 1.26. The number of benzene rings is 1. The Bertz CT molecular complexity index is 915. The lowest BCUT2D eigenvalue weighted by molar-refractivity contribution is 0.929. The van der Waals surface area contributed by atoms with Crippen LogP contribution in [0.2, 0.25) is 0 Å². The van der Waals surface area contributed by atoms with E-state index in [0.29, 0.717) is 0 Å². The lowest BCUT2D eigenvalue weighted by atomic mass is 10.1. The number of hydrogen-bond acceptors (Lipinski definition) is 4. The maximum Gasteiger partial charge on any atom is 0.126 e. The number of halogens is 1. The van der Waals surface area contributed by atoms with E-state index in [1.165, 1.54) is 24.3 Å². The average Bonchev–Trinajstić information content (AvgIpc) is 2.83. The minimum atomic E-state index is 1.09. The van der Waals surface area contributed by atoms with Crippen LogP contribution < -0.4 is 5.32 Å². The van der Waals surface area contributed by atoms with Crippen molar-refractivity contribution in [1.82, 2.24) is 4.98 Å². The number of aryl methyl sites for hydroxylation is 1. The van der Waals surface area contributed by atoms with Crippen LogP contribution in [0.4, 0.5) is 11.4 Å². The molecule has 2 nitrogen and oxygen atoms in total. The van der Waals surface area contributed by atoms with Gasteiger partial charge in [0.1, 0.15) is 4.83 Å². The maximum atomic E-state index is 4.46. The Morgan fingerprint density at radius 1 is 1.17 bits per heavy atom. The zero-order chi connectivity index (χ0) is 15.8. The van der Waals surface area contributed by atoms with Crippen LogP contribution in [0.1, 0.15) is 18.9 Å². The average molecular weight is 450 g/mol. The highest BCUT2D eigenvalue weighted by atomic mass is 127. The van der Waals surface area contributed by atoms with Crippen LogP contribution in [-0.2, 0) is 6.42 Å². The number of thioether (sulfide) groups is 1. The van der Waals surface area contributed by atoms with Crippen molar-refractivity contribution in [3.8, 4) is 0 Å². The summed E-state index contributed by atoms with van der Waals surface area (Å²) in [5, 5.41) is 7.05. The van der Waals surface area contributed by atoms with Gasteiger partial charge in [-0.05, 0) is 83.7 Å². The third-order valence-corrected chi connectivity index (χ3v) is 6.90. The van der Waals surface area contributed by atoms with Gasteiger partial charge in [-0.3, -0.25) is 0 Å². The molecule has 0 atom stereocenters. The number of pyridine rings is 1. The number of allylic oxidation sites excluding steroid dienone is 1. The van der Waals surface area contributed by atoms with Gasteiger partial charge in [-0.25, -0.2) is 4.98 Å². The molecule has 116 valence electrons. The topological polar surface area (TPSA) is 24.9 Å². The summed E-state index contributed by atoms with van der Waals surface area (Å²) in [5.74, 6) is 0. The lowest BCUT2D eigenvalue weighted by Gasteiger charge is -2.11. The standard InChI is InChI=1S/C18H15IN2S2/c1-11-2-3-12-8-13(4-5-16(12)22-10-11)21-15-6-7-20-18-14(15)9-17(19)23-18/h4-10H,2-3H2,1H3,(H,20,21). The third kappa shape index (κ3) is 3.27. The molecule has 1 N–H and O–H groups in total. The van der Waals surface area contributed by atoms with Gasteiger partial charge >= 0.3 is 0 Å². The first-order chi connectivity index (χ1) is 11.2. The van der Waals surface area contributed by atoms with Gasteiger partial charge < -0.3 is 5.32 Å². The van der Waals surface area contributed by atoms with Crippen LogP contribution >= 0.6 is 45.7 Å². The van der Waals surface area contributed by atoms with Crippen LogP contribution in [0, 0.1) is 2.88 Å². The van der Waals surface area contributed by atoms with Crippen molar-refractivity contribution in [3.63, 3.8) is 0 Å². The highest BCUT2D eigenvalue weighted by molar-refractivity contribution is 14.1. The first kappa shape index (κ1) is 15.5. The van der Waals surface area contributed by atoms with E-state index in [2.05, 4.69) is 75.6 Å². The second kappa shape index (κ2) is 6.45. The van der Waals surface area contributed by atoms with Crippen molar-refractivity contribution in [2.45, 2.75) is 24.7 Å². The SMILES string of the molecule is CC1=CSc2ccc(Nc3ccnc4sc(I)cc34)cc2CC1. The van der Waals surface area contributed by atoms with Crippen LogP contribution in [-0.4, -0.2) is 4.98 Å². The molecule has 0 amide bonds. The van der Waals surface area contributed by atoms with Gasteiger partial charge in [0.15, 0.2) is 0 Å². The quantitative estimate of drug-likeness (QED) is 0.446. The number of nitrogens with zero attached hydrogens (tertiary/aromatic N) is 1. The molecule has 0 saturated carbocycles. The number of nitrogens with one attached hydrogen (secondary N) is 1. The summed E-state index contributed by atoms with van der Waals surface area (Å²) in [7, 11) is 0. The van der Waals surface area contributed by atoms with Crippen LogP contribution in [0.25, 0.3) is 10.2 Å². The second-order valence-electron chi connectivity index (χ2n) is 5.66. The summed E-state index contributed by atoms with van der Waals surface area (Å²) in [6.45, 7) is 2.21. The summed E-state index contributed by atoms with van der Waals surface area (Å²) in [6, 6.07) is 10.9. The van der Waals surface area contributed by atoms with E-state index in [-0.39, 0.29) is 0 Å². The summed E-state index contributed by atoms with van der Waals surface area (Å²) in [5.41, 5.74) is 5.17. The number of anilines is 2. The minimum Gasteiger partial charge on any atom is -0.355 e. The zero-order valence-electron chi connectivity index (χ0n) is 12.6. The molecular formula is C18H15IN2S2. The van der Waals surface area contributed by atoms with E-state index in [1.54, 1.807) is 11.3 Å². The van der Waals surface area contributed by atoms with E-state index in [1.807, 2.05) is 18.0 Å². The van der Waals surface area contributed by atoms with Crippen molar-refractivity contribution in [2.75, 3.05) is 5.32 Å². The Kier molecular flexibility index (Phi) is 4.34. The highest BCUT2D eigenvalue weighted by Gasteiger charge is 2.10. The van der Waals surface area contributed by atoms with E-state index >= 15 is 0 Å². The van der Waals surface area contributed by atoms with Crippen LogP contribution in [0.15, 0.2) is 52.4 Å². The van der Waals surface area contributed by atoms with Gasteiger partial charge in [0, 0.05) is 22.2 Å². The summed E-state index contributed by atoms with van der Waals surface area (Å²) in [6.07, 6.45) is 4.14. The Labute approximate surface area is 157 Å². The zero-order valence-corrected chi connectivity index (χ0v) is 16.4. The van der Waals surface area contributed by atoms with Crippen molar-refractivity contribution in [3.05, 3.63) is 56.0 Å². The Balaban J connectivity index is 1.67. The molecule has 0 bridgehead atoms. The highest BCUT2D eigenvalue weighted by Crippen LogP contribution is 2.35. The molecule has 2 aromatic heterocycles. The summed E-state index contributed by atoms with van der Waals surface area (Å²) >= 11 is 5.92. The van der Waals surface area contributed by atoms with Crippen molar-refractivity contribution in [1.29, 1.82) is 0 Å². The first-order valence-electron chi connectivity index (χ1n) is 7.45. The predicted molar refractivity (Wildman–Crippen MR) is 110 cm³/mol. The molecule has 0 fully saturated rings. The maximum absolute atomic E-state index is 4.46. The monoisotopic (exact) mass is 450 g/mol. The van der Waals surface area contributed by atoms with E-state index in [4.69, 9.17) is 0 Å². The van der Waals surface area contributed by atoms with Crippen LogP contribution in [0.3, 0.4) is 0 Å². The molecular weight excluding hydrogens is 435 g/mol. The van der Waals surface area contributed by atoms with E-state index in [0.717, 1.165) is 29.0 Å². The lowest BCUT2D eigenvalue weighted by Crippen LogP contribution is -1.94. The minimum absolute atomic E-state index is 1.09. The summed E-state index contributed by atoms with van der Waals surface area (Å²) in [4.78, 5) is 6.92. The van der Waals surface area contributed by atoms with Gasteiger partial charge in [-0.2, -0.15) is 0 Å². The molecule has 0 aliphatic carbocycles. The fourth-order valence-electron chi connectivity index (χ4n) is 2.70. The van der Waals surface area contributed by atoms with E-state index in [9.17, 15) is 0 Å². The molecule has 1 aromatic carbocycles. The molecule has 23 heavy (non-hydrogen) atoms. The fraction of sp³-hybridized carbons (Fsp3) is 0.167. The Morgan fingerprint density at radius 3 is 3.00 bits per heavy atom. The second-order valence-corrected chi connectivity index (χ2v) is 9.49. The smallest absolute Gasteiger partial charge is 0.126 e. The van der Waals surface area contributed by atoms with Gasteiger partial charge in [-0.15, -0.1) is 11.3 Å². The molecule has 1 aliphatic heterocycles. The molecule has 0 radical (unpaired) electrons. The molecule has 0 spiro atoms. The number of aromatic nitrogens is 1. The van der Waals surface area contributed by atoms with Crippen LogP contribution in [0.5, 0.6) is 0 Å². The van der Waals surface area contributed by atoms with Crippen molar-refractivity contribution in [2.24, 2.45) is 0 Å². The Morgan fingerprint density at radius 2 is 2.09 bits per heavy atom. The first-order valence-corrected chi connectivity index (χ1v) is 10.2. The number of fused-ring (bicyclic) bond motifs is 2. The van der Waals surface area contributed by atoms with Crippen molar-refractivity contribution >= 4 is 67.3 Å². The fourth-order valence-corrected chi connectivity index (χ4v) is 5.29. The third-order valence-electron chi connectivity index (χ3n) is 3.92. The van der Waals surface area contributed by atoms with Gasteiger partial charge in [0.25, 0.3) is 0 Å². The molecule has 5 heteroatoms. The molecule has 4 rings (SSSR count). The van der Waals surface area contributed by atoms with Gasteiger partial charge in [0.2, 0.25) is 0 Å². The van der Waals surface area contributed by atoms with Gasteiger partial charge in [-0.1, -0.05) is 17.3 Å². The molecule has 3 heterocycles. The number of hydrogen-bond donors (Lipinski definition) is 1. The largest absolute Gasteiger partial charge is 0.355 e. The predicted octanol–water partition coefficient (Wildman–Crippen LogP) is 6.59. The Hall–Kier alpha value is -1.05. The van der Waals surface area contributed by atoms with Crippen molar-refractivity contribution < 1.29 is 0 Å². The number of thiophene rings is 1. The molecule has 0 saturated heterocycles. The van der Waals surface area contributed by atoms with Gasteiger partial charge in [0.05, 0.1) is 8.57 Å². The normalized spacial score (nSPS) is 14.3. The molecule has 3 aromatic rings. The molecule has 1 aliphatic rings.